The topological polar surface area (TPSA) is 642 Å². The molecule has 8 rings (SSSR count). The molecule has 2 unspecified atom stereocenters. The third kappa shape index (κ3) is 30.2. The van der Waals surface area contributed by atoms with E-state index in [1.54, 1.807) is 74.8 Å². The first-order valence-corrected chi connectivity index (χ1v) is 46.2. The summed E-state index contributed by atoms with van der Waals surface area (Å²) in [6.07, 6.45) is -6.02. The van der Waals surface area contributed by atoms with Crippen molar-refractivity contribution in [3.63, 3.8) is 0 Å². The van der Waals surface area contributed by atoms with Crippen LogP contribution in [0.5, 0.6) is 0 Å². The van der Waals surface area contributed by atoms with E-state index in [9.17, 15) is 71.6 Å². The van der Waals surface area contributed by atoms with Crippen LogP contribution in [0.4, 0.5) is 13.2 Å². The molecule has 42 nitrogen and oxygen atoms in total. The maximum atomic E-state index is 15.7. The monoisotopic (exact) mass is 1910 g/mol. The summed E-state index contributed by atoms with van der Waals surface area (Å²) in [5.74, 6) is -17.7. The highest BCUT2D eigenvalue weighted by Gasteiger charge is 2.47. The molecule has 5 aromatic rings. The number of aliphatic hydroxyl groups excluding tert-OH is 3. The number of halogens is 3. The molecule has 25 N–H and O–H groups in total. The van der Waals surface area contributed by atoms with Gasteiger partial charge in [-0.3, -0.25) is 87.4 Å². The second-order valence-electron chi connectivity index (χ2n) is 34.6. The van der Waals surface area contributed by atoms with Crippen LogP contribution in [0.3, 0.4) is 0 Å². The van der Waals surface area contributed by atoms with E-state index in [4.69, 9.17) is 28.3 Å². The van der Waals surface area contributed by atoms with E-state index in [1.165, 1.54) is 21.0 Å². The van der Waals surface area contributed by atoms with Crippen LogP contribution < -0.4 is 81.4 Å². The largest absolute Gasteiger partial charge is 0.416 e. The van der Waals surface area contributed by atoms with Crippen LogP contribution in [-0.4, -0.2) is 319 Å². The van der Waals surface area contributed by atoms with Gasteiger partial charge in [-0.2, -0.15) is 13.2 Å². The lowest BCUT2D eigenvalue weighted by atomic mass is 10.00. The zero-order chi connectivity index (χ0) is 99.4. The number of H-pyrrole nitrogens is 2. The molecule has 0 radical (unpaired) electrons. The van der Waals surface area contributed by atoms with Crippen molar-refractivity contribution in [2.75, 3.05) is 72.0 Å². The fourth-order valence-corrected chi connectivity index (χ4v) is 17.4. The first-order chi connectivity index (χ1) is 64.0. The van der Waals surface area contributed by atoms with Gasteiger partial charge in [-0.15, -0.1) is 11.8 Å². The summed E-state index contributed by atoms with van der Waals surface area (Å²) in [4.78, 5) is 246. The number of benzene rings is 3. The molecule has 0 aliphatic carbocycles. The third-order valence-electron chi connectivity index (χ3n) is 24.1. The number of nitrogens with one attached hydrogen (secondary N) is 14. The Bertz CT molecular complexity index is 5030. The molecule has 3 saturated heterocycles. The van der Waals surface area contributed by atoms with E-state index in [0.717, 1.165) is 67.6 Å². The van der Waals surface area contributed by atoms with Crippen LogP contribution in [0.15, 0.2) is 85.2 Å². The summed E-state index contributed by atoms with van der Waals surface area (Å²) in [6.45, 7) is 5.17. The highest BCUT2D eigenvalue weighted by atomic mass is 32.2. The molecule has 135 heavy (non-hydrogen) atoms. The maximum absolute atomic E-state index is 15.7. The molecule has 740 valence electrons. The van der Waals surface area contributed by atoms with E-state index < -0.39 is 266 Å². The number of nitrogens with two attached hydrogens (primary N) is 4. The zero-order valence-electron chi connectivity index (χ0n) is 76.8. The Morgan fingerprint density at radius 3 is 1.67 bits per heavy atom. The van der Waals surface area contributed by atoms with Crippen LogP contribution in [0, 0.1) is 11.3 Å². The Hall–Kier alpha value is -12.5. The smallest absolute Gasteiger partial charge is 0.394 e. The molecular weight excluding hydrogens is 1780 g/mol. The van der Waals surface area contributed by atoms with Gasteiger partial charge < -0.3 is 126 Å². The number of amides is 16. The molecule has 3 aromatic carbocycles. The molecular formula is C89H128F3N23O19S. The van der Waals surface area contributed by atoms with Gasteiger partial charge in [0.1, 0.15) is 84.8 Å². The summed E-state index contributed by atoms with van der Waals surface area (Å²) in [5, 5.41) is 71.9. The number of hydrogen-bond donors (Lipinski definition) is 21. The van der Waals surface area contributed by atoms with Crippen molar-refractivity contribution in [2.45, 2.75) is 240 Å². The number of aliphatic hydroxyl groups is 3. The van der Waals surface area contributed by atoms with Crippen LogP contribution in [-0.2, 0) is 102 Å². The van der Waals surface area contributed by atoms with Gasteiger partial charge in [-0.1, -0.05) is 102 Å². The molecule has 16 amide bonds. The average molecular weight is 1910 g/mol. The molecule has 3 aliphatic rings. The van der Waals surface area contributed by atoms with Gasteiger partial charge in [-0.05, 0) is 98.7 Å². The van der Waals surface area contributed by atoms with Gasteiger partial charge in [0.15, 0.2) is 5.96 Å². The molecule has 16 atom stereocenters. The molecule has 0 bridgehead atoms. The van der Waals surface area contributed by atoms with Crippen molar-refractivity contribution in [1.82, 2.24) is 93.0 Å². The van der Waals surface area contributed by atoms with E-state index in [2.05, 4.69) is 68.5 Å². The standard InChI is InChI=1S/C89H128F3N23O19S/c1-9-11-24-67-80(127)103-58(23-17-31-98-88(96)97)76(123)110-66(75(122)101-42-72(95)119)45-135-46-73(120)102-61(34-49-27-29-52(30-28-49)89(90,91)92)83(130)111(6)48(5)74(121)105-63(38-71(94)118)85(132)114-32-18-26-68(114)81(128)108-64(39-93)78(125)106-60(33-47(3)4)86(133)115-43-53(117)37-70(115)82(129)104-59(35-50-40-99-56-21-15-13-19-54(50)56)77(124)109-65(44-116)79(126)107-62(36-51-41-100-57-22-16-14-20-55(51)57)84(131)113(8)69(25-12-10-2)87(134)112(67)7/h13-16,19-22,27-30,40-41,47-48,53,58-70,75,99-101,116-117,122H,9-12,17-18,23-26,31-39,42-46,93H2,1-8H3,(H2,94,118)(H2,95,119)(H,102,120)(H,103,127)(H,104,129)(H,105,121)(H,106,125)(H,107,126)(H,108,128)(H,109,124)(H,110,123)(H4,96,97,98)/t48-,53+,58-,59-,60-,61-,62-,63-,64-,65-,66-,67-,68-,69-,70?,75?/m0/s1. The number of thioether (sulfide) groups is 1. The number of hydrogen-bond acceptors (Lipinski definition) is 23. The summed E-state index contributed by atoms with van der Waals surface area (Å²) in [5.41, 5.74) is 24.1. The number of rotatable bonds is 26. The number of aromatic nitrogens is 2. The van der Waals surface area contributed by atoms with Crippen molar-refractivity contribution in [3.05, 3.63) is 107 Å². The highest BCUT2D eigenvalue weighted by Crippen LogP contribution is 2.31. The highest BCUT2D eigenvalue weighted by molar-refractivity contribution is 8.00. The normalized spacial score (nSPS) is 25.2. The van der Waals surface area contributed by atoms with Gasteiger partial charge in [0, 0.05) is 113 Å². The number of guanidine groups is 1. The van der Waals surface area contributed by atoms with Crippen LogP contribution in [0.1, 0.15) is 140 Å². The second kappa shape index (κ2) is 50.7. The summed E-state index contributed by atoms with van der Waals surface area (Å²) in [6, 6.07) is -4.85. The minimum Gasteiger partial charge on any atom is -0.394 e. The first kappa shape index (κ1) is 108. The van der Waals surface area contributed by atoms with Gasteiger partial charge in [-0.25, -0.2) is 0 Å². The minimum atomic E-state index is -4.80. The number of likely N-dealkylation sites (N-methyl/N-ethyl adjacent to an activating group) is 3. The number of unbranched alkanes of at least 4 members (excludes halogenated alkanes) is 2. The number of carbonyl (C=O) groups excluding carboxylic acids is 16. The number of aromatic amines is 2. The lowest BCUT2D eigenvalue weighted by Crippen LogP contribution is -2.62. The van der Waals surface area contributed by atoms with Gasteiger partial charge in [0.25, 0.3) is 0 Å². The number of alkyl halides is 3. The predicted molar refractivity (Wildman–Crippen MR) is 491 cm³/mol. The van der Waals surface area contributed by atoms with Crippen LogP contribution in [0.2, 0.25) is 0 Å². The first-order valence-electron chi connectivity index (χ1n) is 45.0. The fraction of sp³-hybridized carbons (Fsp3) is 0.562. The van der Waals surface area contributed by atoms with Crippen molar-refractivity contribution < 1.29 is 105 Å². The molecule has 5 heterocycles. The van der Waals surface area contributed by atoms with Crippen LogP contribution in [0.25, 0.3) is 21.8 Å². The third-order valence-corrected chi connectivity index (χ3v) is 25.1. The fourth-order valence-electron chi connectivity index (χ4n) is 16.5. The summed E-state index contributed by atoms with van der Waals surface area (Å²) < 4.78 is 41.7. The molecule has 0 spiro atoms. The molecule has 3 aliphatic heterocycles. The Kier molecular flexibility index (Phi) is 40.5. The number of primary amides is 2. The Morgan fingerprint density at radius 1 is 0.570 bits per heavy atom. The van der Waals surface area contributed by atoms with Gasteiger partial charge in [0.05, 0.1) is 43.0 Å². The number of fused-ring (bicyclic) bond motifs is 4. The SMILES string of the molecule is CCCC[C@H]1C(=O)N(C)[C@@H](CCCC)C(=O)N[C@@H](CCCNC(=N)N)C(=O)N[C@H](C(O)NCC(N)=O)CSCC(=O)N[C@@H](Cc2ccc(C(F)(F)F)cc2)C(=O)N(C)[C@@H](C)C(=O)N[C@@H](CC(N)=O)C(=O)N2CCC[C@H]2C(=O)N[C@@H](CN)C(=O)N[C@@H](CC(C)C)C(=O)N2C[C@H](O)CC2C(=O)N[C@@H](Cc2c[nH]c3ccccc23)C(=O)N[C@@H](CO)C(=O)N[C@@H](Cc2c[nH]c3ccccc23)C(=O)N1C. The van der Waals surface area contributed by atoms with Gasteiger partial charge in [0.2, 0.25) is 94.5 Å². The molecule has 46 heteroatoms. The average Bonchev–Trinajstić information content (AvgIpc) is 1.71. The number of carbonyl (C=O) groups is 16. The summed E-state index contributed by atoms with van der Waals surface area (Å²) in [7, 11) is 3.77. The zero-order valence-corrected chi connectivity index (χ0v) is 77.6. The van der Waals surface area contributed by atoms with Gasteiger partial charge >= 0.3 is 6.18 Å². The van der Waals surface area contributed by atoms with E-state index >= 15 is 33.6 Å². The Balaban J connectivity index is 1.19. The Morgan fingerprint density at radius 2 is 1.09 bits per heavy atom. The second-order valence-corrected chi connectivity index (χ2v) is 35.7. The Labute approximate surface area is 782 Å². The van der Waals surface area contributed by atoms with E-state index in [-0.39, 0.29) is 82.4 Å². The summed E-state index contributed by atoms with van der Waals surface area (Å²) >= 11 is 0.730. The quantitative estimate of drug-likeness (QED) is 0.0115. The van der Waals surface area contributed by atoms with Crippen molar-refractivity contribution in [2.24, 2.45) is 28.9 Å². The minimum absolute atomic E-state index is 0.0168. The molecule has 2 aromatic heterocycles. The lowest BCUT2D eigenvalue weighted by Gasteiger charge is -2.36. The lowest BCUT2D eigenvalue weighted by molar-refractivity contribution is -0.149. The van der Waals surface area contributed by atoms with E-state index in [1.807, 2.05) is 13.8 Å². The van der Waals surface area contributed by atoms with Crippen molar-refractivity contribution in [3.8, 4) is 0 Å². The molecule has 0 saturated carbocycles. The predicted octanol–water partition coefficient (Wildman–Crippen LogP) is -2.83. The van der Waals surface area contributed by atoms with E-state index in [0.29, 0.717) is 58.6 Å². The van der Waals surface area contributed by atoms with Crippen molar-refractivity contribution >= 4 is 134 Å². The maximum Gasteiger partial charge on any atom is 0.416 e. The number of para-hydroxylation sites is 2. The number of nitrogens with zero attached hydrogens (tertiary/aromatic N) is 5. The van der Waals surface area contributed by atoms with Crippen molar-refractivity contribution in [1.29, 1.82) is 5.41 Å². The van der Waals surface area contributed by atoms with Crippen LogP contribution >= 0.6 is 11.8 Å². The molecule has 3 fully saturated rings.